The number of hydrogen-bond donors (Lipinski definition) is 0. The minimum absolute atomic E-state index is 0.155. The van der Waals surface area contributed by atoms with Crippen LogP contribution in [0.25, 0.3) is 0 Å². The van der Waals surface area contributed by atoms with Crippen molar-refractivity contribution in [2.24, 2.45) is 5.10 Å². The lowest BCUT2D eigenvalue weighted by molar-refractivity contribution is 0.590. The molecule has 0 saturated carbocycles. The maximum Gasteiger partial charge on any atom is 0.212 e. The van der Waals surface area contributed by atoms with Crippen molar-refractivity contribution in [3.8, 4) is 0 Å². The number of aromatic nitrogens is 3. The average molecular weight is 365 g/mol. The molecule has 0 aliphatic heterocycles. The van der Waals surface area contributed by atoms with Crippen LogP contribution in [0.3, 0.4) is 0 Å². The van der Waals surface area contributed by atoms with Crippen LogP contribution >= 0.6 is 11.8 Å². The van der Waals surface area contributed by atoms with Gasteiger partial charge in [0.25, 0.3) is 0 Å². The number of rotatable bonds is 5. The van der Waals surface area contributed by atoms with E-state index in [9.17, 15) is 0 Å². The molecule has 1 aromatic heterocycles. The summed E-state index contributed by atoms with van der Waals surface area (Å²) in [7, 11) is 0. The molecule has 0 aliphatic carbocycles. The Morgan fingerprint density at radius 3 is 2.35 bits per heavy atom. The van der Waals surface area contributed by atoms with Crippen molar-refractivity contribution in [2.75, 3.05) is 0 Å². The fourth-order valence-electron chi connectivity index (χ4n) is 2.48. The predicted molar refractivity (Wildman–Crippen MR) is 109 cm³/mol. The van der Waals surface area contributed by atoms with Gasteiger partial charge in [-0.15, -0.1) is 10.2 Å². The molecule has 1 heterocycles. The van der Waals surface area contributed by atoms with Crippen LogP contribution in [0.5, 0.6) is 0 Å². The number of hydrogen-bond acceptors (Lipinski definition) is 4. The zero-order chi connectivity index (χ0) is 18.6. The molecule has 134 valence electrons. The van der Waals surface area contributed by atoms with Crippen LogP contribution in [-0.2, 0) is 11.2 Å². The van der Waals surface area contributed by atoms with Crippen molar-refractivity contribution in [2.45, 2.75) is 44.0 Å². The maximum absolute atomic E-state index is 4.59. The van der Waals surface area contributed by atoms with Crippen molar-refractivity contribution in [3.05, 3.63) is 77.1 Å². The second kappa shape index (κ2) is 7.87. The highest BCUT2D eigenvalue weighted by atomic mass is 32.2. The van der Waals surface area contributed by atoms with Crippen LogP contribution in [0.4, 0.5) is 0 Å². The fourth-order valence-corrected chi connectivity index (χ4v) is 3.37. The highest BCUT2D eigenvalue weighted by molar-refractivity contribution is 7.98. The summed E-state index contributed by atoms with van der Waals surface area (Å²) in [4.78, 5) is 0. The summed E-state index contributed by atoms with van der Waals surface area (Å²) in [6.45, 7) is 8.56. The maximum atomic E-state index is 4.59. The first kappa shape index (κ1) is 18.4. The van der Waals surface area contributed by atoms with Gasteiger partial charge in [0.2, 0.25) is 5.16 Å². The molecule has 3 aromatic rings. The van der Waals surface area contributed by atoms with Crippen molar-refractivity contribution < 1.29 is 0 Å². The lowest BCUT2D eigenvalue weighted by atomic mass is 9.87. The van der Waals surface area contributed by atoms with Gasteiger partial charge in [0.15, 0.2) is 5.82 Å². The van der Waals surface area contributed by atoms with E-state index < -0.39 is 0 Å². The Kier molecular flexibility index (Phi) is 5.57. The molecule has 0 spiro atoms. The van der Waals surface area contributed by atoms with E-state index in [4.69, 9.17) is 0 Å². The second-order valence-corrected chi connectivity index (χ2v) is 8.17. The van der Waals surface area contributed by atoms with Crippen LogP contribution in [0, 0.1) is 6.92 Å². The smallest absolute Gasteiger partial charge is 0.192 e. The van der Waals surface area contributed by atoms with E-state index in [1.54, 1.807) is 16.4 Å². The first-order valence-corrected chi connectivity index (χ1v) is 9.66. The van der Waals surface area contributed by atoms with E-state index in [1.807, 2.05) is 31.3 Å². The summed E-state index contributed by atoms with van der Waals surface area (Å²) in [5, 5.41) is 13.8. The zero-order valence-corrected chi connectivity index (χ0v) is 16.5. The van der Waals surface area contributed by atoms with Gasteiger partial charge in [0.1, 0.15) is 0 Å². The van der Waals surface area contributed by atoms with E-state index in [-0.39, 0.29) is 5.41 Å². The Morgan fingerprint density at radius 1 is 1.00 bits per heavy atom. The lowest BCUT2D eigenvalue weighted by Gasteiger charge is -2.18. The third kappa shape index (κ3) is 4.61. The largest absolute Gasteiger partial charge is 0.212 e. The van der Waals surface area contributed by atoms with Crippen LogP contribution in [0.2, 0.25) is 0 Å². The minimum Gasteiger partial charge on any atom is -0.192 e. The Bertz CT molecular complexity index is 875. The SMILES string of the molecule is Cc1nnc(SCc2ccccc2)n1/N=C\c1ccc(C(C)(C)C)cc1. The van der Waals surface area contributed by atoms with E-state index in [0.29, 0.717) is 0 Å². The van der Waals surface area contributed by atoms with Crippen LogP contribution in [0.1, 0.15) is 43.3 Å². The van der Waals surface area contributed by atoms with Gasteiger partial charge in [0.05, 0.1) is 6.21 Å². The van der Waals surface area contributed by atoms with Crippen molar-refractivity contribution in [1.82, 2.24) is 14.9 Å². The Morgan fingerprint density at radius 2 is 1.69 bits per heavy atom. The minimum atomic E-state index is 0.155. The molecule has 0 unspecified atom stereocenters. The van der Waals surface area contributed by atoms with Crippen molar-refractivity contribution >= 4 is 18.0 Å². The normalized spacial score (nSPS) is 12.0. The summed E-state index contributed by atoms with van der Waals surface area (Å²) < 4.78 is 1.80. The van der Waals surface area contributed by atoms with E-state index in [1.165, 1.54) is 11.1 Å². The lowest BCUT2D eigenvalue weighted by Crippen LogP contribution is -2.10. The molecule has 26 heavy (non-hydrogen) atoms. The fraction of sp³-hybridized carbons (Fsp3) is 0.286. The molecule has 0 bridgehead atoms. The number of nitrogens with zero attached hydrogens (tertiary/aromatic N) is 4. The molecule has 4 nitrogen and oxygen atoms in total. The van der Waals surface area contributed by atoms with Gasteiger partial charge in [-0.25, -0.2) is 0 Å². The monoisotopic (exact) mass is 364 g/mol. The van der Waals surface area contributed by atoms with Gasteiger partial charge >= 0.3 is 0 Å². The summed E-state index contributed by atoms with van der Waals surface area (Å²) in [6.07, 6.45) is 1.86. The molecule has 2 aromatic carbocycles. The van der Waals surface area contributed by atoms with Gasteiger partial charge in [-0.2, -0.15) is 9.78 Å². The standard InChI is InChI=1S/C21H24N4S/c1-16-23-24-20(26-15-18-8-6-5-7-9-18)25(16)22-14-17-10-12-19(13-11-17)21(2,3)4/h5-14H,15H2,1-4H3/b22-14-. The van der Waals surface area contributed by atoms with Crippen LogP contribution < -0.4 is 0 Å². The van der Waals surface area contributed by atoms with Crippen LogP contribution in [-0.4, -0.2) is 21.1 Å². The molecule has 0 amide bonds. The zero-order valence-electron chi connectivity index (χ0n) is 15.7. The van der Waals surface area contributed by atoms with Gasteiger partial charge < -0.3 is 0 Å². The number of thioether (sulfide) groups is 1. The molecular weight excluding hydrogens is 340 g/mol. The van der Waals surface area contributed by atoms with E-state index in [0.717, 1.165) is 22.3 Å². The molecule has 0 radical (unpaired) electrons. The molecule has 0 saturated heterocycles. The van der Waals surface area contributed by atoms with E-state index >= 15 is 0 Å². The Balaban J connectivity index is 1.73. The summed E-state index contributed by atoms with van der Waals surface area (Å²) in [5.74, 6) is 1.62. The molecular formula is C21H24N4S. The number of benzene rings is 2. The summed E-state index contributed by atoms with van der Waals surface area (Å²) >= 11 is 1.64. The van der Waals surface area contributed by atoms with Gasteiger partial charge in [-0.05, 0) is 29.0 Å². The van der Waals surface area contributed by atoms with Gasteiger partial charge in [-0.3, -0.25) is 0 Å². The van der Waals surface area contributed by atoms with Crippen molar-refractivity contribution in [1.29, 1.82) is 0 Å². The van der Waals surface area contributed by atoms with E-state index in [2.05, 4.69) is 72.5 Å². The highest BCUT2D eigenvalue weighted by Gasteiger charge is 2.12. The van der Waals surface area contributed by atoms with Gasteiger partial charge in [0, 0.05) is 5.75 Å². The Labute approximate surface area is 159 Å². The molecule has 3 rings (SSSR count). The molecule has 0 aliphatic rings. The van der Waals surface area contributed by atoms with Crippen LogP contribution in [0.15, 0.2) is 64.9 Å². The summed E-state index contributed by atoms with van der Waals surface area (Å²) in [6, 6.07) is 18.9. The third-order valence-electron chi connectivity index (χ3n) is 4.08. The molecule has 0 atom stereocenters. The topological polar surface area (TPSA) is 43.1 Å². The summed E-state index contributed by atoms with van der Waals surface area (Å²) in [5.41, 5.74) is 3.78. The Hall–Kier alpha value is -2.40. The predicted octanol–water partition coefficient (Wildman–Crippen LogP) is 5.06. The van der Waals surface area contributed by atoms with Crippen molar-refractivity contribution in [3.63, 3.8) is 0 Å². The second-order valence-electron chi connectivity index (χ2n) is 7.23. The first-order valence-electron chi connectivity index (χ1n) is 8.67. The highest BCUT2D eigenvalue weighted by Crippen LogP contribution is 2.23. The average Bonchev–Trinajstić information content (AvgIpc) is 2.98. The quantitative estimate of drug-likeness (QED) is 0.469. The molecule has 5 heteroatoms. The first-order chi connectivity index (χ1) is 12.4. The molecule has 0 fully saturated rings. The molecule has 0 N–H and O–H groups in total. The number of aryl methyl sites for hydroxylation is 1. The third-order valence-corrected chi connectivity index (χ3v) is 5.07. The van der Waals surface area contributed by atoms with Gasteiger partial charge in [-0.1, -0.05) is 87.1 Å².